The minimum absolute atomic E-state index is 0.0236. The highest BCUT2D eigenvalue weighted by Gasteiger charge is 2.37. The Morgan fingerprint density at radius 3 is 2.58 bits per heavy atom. The highest BCUT2D eigenvalue weighted by molar-refractivity contribution is 8.26. The van der Waals surface area contributed by atoms with E-state index in [-0.39, 0.29) is 25.6 Å². The average Bonchev–Trinajstić information content (AvgIpc) is 3.31. The summed E-state index contributed by atoms with van der Waals surface area (Å²) in [5.41, 5.74) is 0.954. The van der Waals surface area contributed by atoms with Crippen molar-refractivity contribution in [2.45, 2.75) is 6.18 Å². The normalized spacial score (nSPS) is 16.1. The second kappa shape index (κ2) is 7.89. The summed E-state index contributed by atoms with van der Waals surface area (Å²) in [5, 5.41) is 11.9. The summed E-state index contributed by atoms with van der Waals surface area (Å²) in [6.45, 7) is -0.622. The van der Waals surface area contributed by atoms with E-state index in [0.29, 0.717) is 21.9 Å². The molecule has 0 spiro atoms. The summed E-state index contributed by atoms with van der Waals surface area (Å²) in [5.74, 6) is -1.92. The third kappa shape index (κ3) is 4.18. The number of aromatic nitrogens is 3. The number of carbonyl (C=O) groups excluding carboxylic acids is 1. The van der Waals surface area contributed by atoms with E-state index in [1.165, 1.54) is 6.08 Å². The number of fused-ring (bicyclic) bond motifs is 1. The number of benzene rings is 1. The van der Waals surface area contributed by atoms with Gasteiger partial charge >= 0.3 is 12.1 Å². The first-order valence-electron chi connectivity index (χ1n) is 8.24. The van der Waals surface area contributed by atoms with Gasteiger partial charge in [-0.1, -0.05) is 59.1 Å². The van der Waals surface area contributed by atoms with Gasteiger partial charge in [0.05, 0.1) is 16.3 Å². The Hall–Kier alpha value is -2.48. The Morgan fingerprint density at radius 2 is 1.97 bits per heavy atom. The predicted octanol–water partition coefficient (Wildman–Crippen LogP) is 4.42. The quantitative estimate of drug-likeness (QED) is 0.416. The first kappa shape index (κ1) is 21.7. The Kier molecular flexibility index (Phi) is 5.54. The maximum absolute atomic E-state index is 13.1. The maximum atomic E-state index is 13.1. The van der Waals surface area contributed by atoms with E-state index in [1.54, 1.807) is 24.3 Å². The fourth-order valence-corrected chi connectivity index (χ4v) is 4.85. The molecule has 7 nitrogen and oxygen atoms in total. The molecule has 1 aliphatic heterocycles. The average molecular weight is 505 g/mol. The number of carboxylic acid groups (broad SMARTS) is 1. The maximum Gasteiger partial charge on any atom is 0.445 e. The second-order valence-corrected chi connectivity index (χ2v) is 9.18. The van der Waals surface area contributed by atoms with Gasteiger partial charge in [0.25, 0.3) is 5.91 Å². The number of carbonyl (C=O) groups is 2. The van der Waals surface area contributed by atoms with Gasteiger partial charge in [0.2, 0.25) is 9.97 Å². The number of halogens is 4. The summed E-state index contributed by atoms with van der Waals surface area (Å²) >= 11 is 12.2. The molecule has 3 aromatic rings. The SMILES string of the molecule is O=C(O)CN1C(=O)/C(=C/c2c(-c3ccc(Cl)cc3)nc3sc(C(F)(F)F)nn23)SC1=S. The number of hydrogen-bond donors (Lipinski definition) is 1. The Labute approximate surface area is 190 Å². The van der Waals surface area contributed by atoms with Gasteiger partial charge < -0.3 is 5.11 Å². The number of hydrogen-bond acceptors (Lipinski definition) is 7. The summed E-state index contributed by atoms with van der Waals surface area (Å²) in [6.07, 6.45) is -3.35. The zero-order valence-electron chi connectivity index (χ0n) is 14.9. The van der Waals surface area contributed by atoms with Gasteiger partial charge in [-0.05, 0) is 18.2 Å². The van der Waals surface area contributed by atoms with Crippen LogP contribution in [-0.2, 0) is 15.8 Å². The number of carboxylic acids is 1. The van der Waals surface area contributed by atoms with Gasteiger partial charge in [-0.25, -0.2) is 9.50 Å². The molecular formula is C17H8ClF3N4O3S3. The van der Waals surface area contributed by atoms with Crippen molar-refractivity contribution in [1.82, 2.24) is 19.5 Å². The van der Waals surface area contributed by atoms with Crippen LogP contribution in [0, 0.1) is 0 Å². The molecule has 0 bridgehead atoms. The van der Waals surface area contributed by atoms with Crippen LogP contribution in [0.3, 0.4) is 0 Å². The molecular weight excluding hydrogens is 497 g/mol. The lowest BCUT2D eigenvalue weighted by atomic mass is 10.1. The minimum atomic E-state index is -4.66. The molecule has 0 saturated carbocycles. The van der Waals surface area contributed by atoms with E-state index in [1.807, 2.05) is 0 Å². The number of nitrogens with zero attached hydrogens (tertiary/aromatic N) is 4. The number of amides is 1. The molecule has 3 heterocycles. The molecule has 0 unspecified atom stereocenters. The third-order valence-electron chi connectivity index (χ3n) is 4.03. The van der Waals surface area contributed by atoms with Crippen molar-refractivity contribution in [2.75, 3.05) is 6.54 Å². The molecule has 1 N–H and O–H groups in total. The van der Waals surface area contributed by atoms with Gasteiger partial charge in [-0.3, -0.25) is 14.5 Å². The Morgan fingerprint density at radius 1 is 1.29 bits per heavy atom. The van der Waals surface area contributed by atoms with Crippen LogP contribution in [0.1, 0.15) is 10.7 Å². The molecule has 31 heavy (non-hydrogen) atoms. The van der Waals surface area contributed by atoms with Gasteiger partial charge in [-0.15, -0.1) is 5.10 Å². The van der Waals surface area contributed by atoms with Crippen LogP contribution in [0.25, 0.3) is 22.3 Å². The largest absolute Gasteiger partial charge is 0.480 e. The highest BCUT2D eigenvalue weighted by Crippen LogP contribution is 2.38. The lowest BCUT2D eigenvalue weighted by Gasteiger charge is -2.10. The number of thiocarbonyl (C=S) groups is 1. The number of alkyl halides is 3. The topological polar surface area (TPSA) is 87.8 Å². The van der Waals surface area contributed by atoms with Gasteiger partial charge in [0.1, 0.15) is 10.9 Å². The van der Waals surface area contributed by atoms with Crippen LogP contribution in [0.5, 0.6) is 0 Å². The van der Waals surface area contributed by atoms with Gasteiger partial charge in [-0.2, -0.15) is 13.2 Å². The zero-order valence-corrected chi connectivity index (χ0v) is 18.1. The van der Waals surface area contributed by atoms with Crippen LogP contribution in [0.4, 0.5) is 13.2 Å². The van der Waals surface area contributed by atoms with Crippen LogP contribution < -0.4 is 0 Å². The zero-order chi connectivity index (χ0) is 22.5. The fraction of sp³-hybridized carbons (Fsp3) is 0.118. The first-order chi connectivity index (χ1) is 14.5. The molecule has 160 valence electrons. The van der Waals surface area contributed by atoms with Crippen molar-refractivity contribution >= 4 is 74.2 Å². The molecule has 0 aliphatic carbocycles. The van der Waals surface area contributed by atoms with Crippen LogP contribution in [0.15, 0.2) is 29.2 Å². The van der Waals surface area contributed by atoms with E-state index in [2.05, 4.69) is 10.1 Å². The lowest BCUT2D eigenvalue weighted by Crippen LogP contribution is -2.33. The number of aliphatic carboxylic acids is 1. The van der Waals surface area contributed by atoms with Crippen molar-refractivity contribution in [1.29, 1.82) is 0 Å². The molecule has 1 saturated heterocycles. The molecule has 1 aromatic carbocycles. The lowest BCUT2D eigenvalue weighted by molar-refractivity contribution is -0.140. The third-order valence-corrected chi connectivity index (χ3v) is 6.62. The van der Waals surface area contributed by atoms with Crippen LogP contribution >= 0.6 is 46.9 Å². The van der Waals surface area contributed by atoms with Gasteiger partial charge in [0.15, 0.2) is 0 Å². The van der Waals surface area contributed by atoms with E-state index >= 15 is 0 Å². The summed E-state index contributed by atoms with van der Waals surface area (Å²) in [6, 6.07) is 6.45. The standard InChI is InChI=1S/C17H8ClF3N4O3S3/c18-8-3-1-7(2-4-8)12-9(25-15(22-12)31-14(23-25)17(19,20)21)5-10-13(28)24(6-11(26)27)16(29)30-10/h1-5H,6H2,(H,26,27)/b10-5-. The summed E-state index contributed by atoms with van der Waals surface area (Å²) in [4.78, 5) is 28.8. The van der Waals surface area contributed by atoms with Crippen molar-refractivity contribution in [3.05, 3.63) is 44.9 Å². The minimum Gasteiger partial charge on any atom is -0.480 e. The van der Waals surface area contributed by atoms with E-state index in [0.717, 1.165) is 21.2 Å². The van der Waals surface area contributed by atoms with Crippen molar-refractivity contribution in [2.24, 2.45) is 0 Å². The van der Waals surface area contributed by atoms with Crippen LogP contribution in [-0.4, -0.2) is 47.3 Å². The molecule has 2 aromatic heterocycles. The summed E-state index contributed by atoms with van der Waals surface area (Å²) < 4.78 is 40.4. The van der Waals surface area contributed by atoms with Crippen molar-refractivity contribution < 1.29 is 27.9 Å². The monoisotopic (exact) mass is 504 g/mol. The molecule has 4 rings (SSSR count). The van der Waals surface area contributed by atoms with E-state index < -0.39 is 29.6 Å². The van der Waals surface area contributed by atoms with E-state index in [9.17, 15) is 22.8 Å². The first-order valence-corrected chi connectivity index (χ1v) is 10.7. The molecule has 0 radical (unpaired) electrons. The summed E-state index contributed by atoms with van der Waals surface area (Å²) in [7, 11) is 0. The Balaban J connectivity index is 1.87. The molecule has 0 atom stereocenters. The van der Waals surface area contributed by atoms with Crippen molar-refractivity contribution in [3.63, 3.8) is 0 Å². The number of thioether (sulfide) groups is 1. The number of rotatable bonds is 4. The fourth-order valence-electron chi connectivity index (χ4n) is 2.72. The van der Waals surface area contributed by atoms with Gasteiger partial charge in [0, 0.05) is 10.6 Å². The second-order valence-electron chi connectivity index (χ2n) is 6.11. The molecule has 1 aliphatic rings. The number of imidazole rings is 1. The molecule has 1 fully saturated rings. The predicted molar refractivity (Wildman–Crippen MR) is 114 cm³/mol. The Bertz CT molecular complexity index is 1270. The highest BCUT2D eigenvalue weighted by atomic mass is 35.5. The van der Waals surface area contributed by atoms with Crippen LogP contribution in [0.2, 0.25) is 5.02 Å². The van der Waals surface area contributed by atoms with E-state index in [4.69, 9.17) is 28.9 Å². The molecule has 1 amide bonds. The van der Waals surface area contributed by atoms with Crippen molar-refractivity contribution in [3.8, 4) is 11.3 Å². The smallest absolute Gasteiger partial charge is 0.445 e. The molecule has 14 heteroatoms.